The molecule has 0 N–H and O–H groups in total. The number of fused-ring (bicyclic) bond motifs is 2. The second-order valence-corrected chi connectivity index (χ2v) is 13.9. The van der Waals surface area contributed by atoms with Gasteiger partial charge in [-0.05, 0) is 47.6 Å². The number of nitrogens with zero attached hydrogens (tertiary/aromatic N) is 2. The first kappa shape index (κ1) is 27.0. The lowest BCUT2D eigenvalue weighted by molar-refractivity contribution is -0.132. The van der Waals surface area contributed by atoms with Crippen molar-refractivity contribution in [2.24, 2.45) is 16.7 Å². The summed E-state index contributed by atoms with van der Waals surface area (Å²) in [4.78, 5) is 29.5. The van der Waals surface area contributed by atoms with E-state index in [1.165, 1.54) is 4.31 Å². The second kappa shape index (κ2) is 10.8. The van der Waals surface area contributed by atoms with Gasteiger partial charge in [0.15, 0.2) is 0 Å². The van der Waals surface area contributed by atoms with Gasteiger partial charge < -0.3 is 4.90 Å². The van der Waals surface area contributed by atoms with Crippen molar-refractivity contribution in [1.82, 2.24) is 9.21 Å². The van der Waals surface area contributed by atoms with E-state index < -0.39 is 15.4 Å². The number of ketones is 1. The van der Waals surface area contributed by atoms with E-state index in [1.807, 2.05) is 54.8 Å². The van der Waals surface area contributed by atoms with Gasteiger partial charge in [-0.25, -0.2) is 8.42 Å². The molecule has 2 aliphatic rings. The van der Waals surface area contributed by atoms with Crippen LogP contribution in [-0.2, 0) is 32.7 Å². The van der Waals surface area contributed by atoms with Crippen LogP contribution < -0.4 is 0 Å². The number of carbonyl (C=O) groups excluding carboxylic acids is 2. The van der Waals surface area contributed by atoms with Gasteiger partial charge in [-0.2, -0.15) is 4.31 Å². The summed E-state index contributed by atoms with van der Waals surface area (Å²) in [5.74, 6) is -0.0792. The first-order valence-electron chi connectivity index (χ1n) is 12.9. The molecule has 2 saturated carbocycles. The number of sulfonamides is 1. The quantitative estimate of drug-likeness (QED) is 0.382. The summed E-state index contributed by atoms with van der Waals surface area (Å²) in [6, 6.07) is 13.7. The average molecular weight is 531 g/mol. The number of amides is 1. The van der Waals surface area contributed by atoms with Crippen molar-refractivity contribution in [3.63, 3.8) is 0 Å². The zero-order valence-corrected chi connectivity index (χ0v) is 23.2. The van der Waals surface area contributed by atoms with E-state index in [2.05, 4.69) is 13.8 Å². The third kappa shape index (κ3) is 5.31. The number of benzene rings is 1. The first-order chi connectivity index (χ1) is 17.1. The molecule has 0 saturated heterocycles. The molecule has 2 unspecified atom stereocenters. The summed E-state index contributed by atoms with van der Waals surface area (Å²) < 4.78 is 29.1. The van der Waals surface area contributed by atoms with Gasteiger partial charge >= 0.3 is 0 Å². The molecular weight excluding hydrogens is 492 g/mol. The SMILES string of the molecule is CCCCN(CC(=O)N(Cc1ccccc1)Cc1cccs1)S(=O)(=O)CC12CCC(CC1=O)C2(C)C. The molecule has 2 aromatic rings. The molecule has 36 heavy (non-hydrogen) atoms. The number of carbonyl (C=O) groups is 2. The largest absolute Gasteiger partial charge is 0.332 e. The van der Waals surface area contributed by atoms with Crippen LogP contribution in [0.25, 0.3) is 0 Å². The summed E-state index contributed by atoms with van der Waals surface area (Å²) in [7, 11) is -3.82. The number of hydrogen-bond acceptors (Lipinski definition) is 5. The molecule has 0 radical (unpaired) electrons. The van der Waals surface area contributed by atoms with Crippen LogP contribution in [0.1, 0.15) is 63.3 Å². The lowest BCUT2D eigenvalue weighted by atomic mass is 9.70. The Bertz CT molecular complexity index is 1160. The maximum absolute atomic E-state index is 13.8. The molecule has 6 nitrogen and oxygen atoms in total. The van der Waals surface area contributed by atoms with E-state index in [9.17, 15) is 18.0 Å². The molecule has 0 aliphatic heterocycles. The average Bonchev–Trinajstić information content (AvgIpc) is 3.48. The van der Waals surface area contributed by atoms with Crippen molar-refractivity contribution in [3.05, 3.63) is 58.3 Å². The number of unbranched alkanes of at least 4 members (excludes halogenated alkanes) is 1. The van der Waals surface area contributed by atoms with Crippen LogP contribution in [0.15, 0.2) is 47.8 Å². The topological polar surface area (TPSA) is 74.8 Å². The Kier molecular flexibility index (Phi) is 8.07. The lowest BCUT2D eigenvalue weighted by Gasteiger charge is -2.38. The van der Waals surface area contributed by atoms with Gasteiger partial charge in [0.25, 0.3) is 0 Å². The van der Waals surface area contributed by atoms with Crippen molar-refractivity contribution in [3.8, 4) is 0 Å². The van der Waals surface area contributed by atoms with Gasteiger partial charge in [-0.15, -0.1) is 11.3 Å². The fourth-order valence-electron chi connectivity index (χ4n) is 6.04. The number of rotatable bonds is 12. The molecule has 1 aromatic heterocycles. The molecule has 2 fully saturated rings. The van der Waals surface area contributed by atoms with Gasteiger partial charge in [0.2, 0.25) is 15.9 Å². The molecule has 0 spiro atoms. The summed E-state index contributed by atoms with van der Waals surface area (Å²) in [5, 5.41) is 1.98. The standard InChI is InChI=1S/C28H38N2O4S2/c1-4-5-15-30(36(33,34)21-28-14-13-23(17-25(28)31)27(28,2)3)20-26(32)29(19-24-12-9-16-35-24)18-22-10-7-6-8-11-22/h6-12,16,23H,4-5,13-15,17-21H2,1-3H3. The highest BCUT2D eigenvalue weighted by atomic mass is 32.2. The van der Waals surface area contributed by atoms with E-state index in [0.29, 0.717) is 32.4 Å². The predicted octanol–water partition coefficient (Wildman–Crippen LogP) is 5.10. The number of hydrogen-bond donors (Lipinski definition) is 0. The number of thiophene rings is 1. The second-order valence-electron chi connectivity index (χ2n) is 10.9. The first-order valence-corrected chi connectivity index (χ1v) is 15.4. The van der Waals surface area contributed by atoms with Gasteiger partial charge in [0.1, 0.15) is 5.78 Å². The van der Waals surface area contributed by atoms with Crippen LogP contribution >= 0.6 is 11.3 Å². The third-order valence-corrected chi connectivity index (χ3v) is 11.3. The highest BCUT2D eigenvalue weighted by Gasteiger charge is 2.65. The Labute approximate surface area is 219 Å². The van der Waals surface area contributed by atoms with E-state index in [-0.39, 0.29) is 41.9 Å². The predicted molar refractivity (Wildman–Crippen MR) is 144 cm³/mol. The molecular formula is C28H38N2O4S2. The molecule has 4 rings (SSSR count). The monoisotopic (exact) mass is 530 g/mol. The van der Waals surface area contributed by atoms with Crippen molar-refractivity contribution >= 4 is 33.1 Å². The zero-order valence-electron chi connectivity index (χ0n) is 21.6. The summed E-state index contributed by atoms with van der Waals surface area (Å²) in [6.07, 6.45) is 3.48. The van der Waals surface area contributed by atoms with Crippen molar-refractivity contribution < 1.29 is 18.0 Å². The molecule has 196 valence electrons. The Morgan fingerprint density at radius 3 is 2.44 bits per heavy atom. The zero-order chi connectivity index (χ0) is 26.0. The Morgan fingerprint density at radius 2 is 1.86 bits per heavy atom. The lowest BCUT2D eigenvalue weighted by Crippen LogP contribution is -2.49. The van der Waals surface area contributed by atoms with E-state index in [1.54, 1.807) is 16.2 Å². The fraction of sp³-hybridized carbons (Fsp3) is 0.571. The fourth-order valence-corrected chi connectivity index (χ4v) is 8.96. The highest BCUT2D eigenvalue weighted by Crippen LogP contribution is 2.64. The highest BCUT2D eigenvalue weighted by molar-refractivity contribution is 7.89. The molecule has 2 aliphatic carbocycles. The minimum absolute atomic E-state index is 0.0810. The molecule has 8 heteroatoms. The minimum Gasteiger partial charge on any atom is -0.332 e. The minimum atomic E-state index is -3.82. The van der Waals surface area contributed by atoms with Crippen molar-refractivity contribution in [2.75, 3.05) is 18.8 Å². The Balaban J connectivity index is 1.56. The molecule has 1 heterocycles. The Hall–Kier alpha value is -2.03. The number of Topliss-reactive ketones (excluding diaryl/α,β-unsaturated/α-hetero) is 1. The summed E-state index contributed by atoms with van der Waals surface area (Å²) in [5.41, 5.74) is -0.180. The summed E-state index contributed by atoms with van der Waals surface area (Å²) in [6.45, 7) is 7.05. The van der Waals surface area contributed by atoms with E-state index >= 15 is 0 Å². The van der Waals surface area contributed by atoms with Gasteiger partial charge in [-0.3, -0.25) is 9.59 Å². The van der Waals surface area contributed by atoms with Crippen LogP contribution in [0.4, 0.5) is 0 Å². The molecule has 2 bridgehead atoms. The van der Waals surface area contributed by atoms with Crippen LogP contribution in [0.2, 0.25) is 0 Å². The van der Waals surface area contributed by atoms with Crippen LogP contribution in [0, 0.1) is 16.7 Å². The smallest absolute Gasteiger partial charge is 0.238 e. The van der Waals surface area contributed by atoms with E-state index in [4.69, 9.17) is 0 Å². The van der Waals surface area contributed by atoms with Gasteiger partial charge in [-0.1, -0.05) is 63.6 Å². The molecule has 2 atom stereocenters. The maximum atomic E-state index is 13.8. The van der Waals surface area contributed by atoms with Crippen molar-refractivity contribution in [2.45, 2.75) is 66.0 Å². The molecule has 1 amide bonds. The van der Waals surface area contributed by atoms with Gasteiger partial charge in [0.05, 0.1) is 18.8 Å². The third-order valence-electron chi connectivity index (χ3n) is 8.53. The van der Waals surface area contributed by atoms with Gasteiger partial charge in [0, 0.05) is 29.8 Å². The summed E-state index contributed by atoms with van der Waals surface area (Å²) >= 11 is 1.58. The molecule has 1 aromatic carbocycles. The van der Waals surface area contributed by atoms with Crippen LogP contribution in [0.5, 0.6) is 0 Å². The van der Waals surface area contributed by atoms with Crippen LogP contribution in [0.3, 0.4) is 0 Å². The van der Waals surface area contributed by atoms with Crippen molar-refractivity contribution in [1.29, 1.82) is 0 Å². The van der Waals surface area contributed by atoms with E-state index in [0.717, 1.165) is 23.3 Å². The maximum Gasteiger partial charge on any atom is 0.238 e. The Morgan fingerprint density at radius 1 is 1.11 bits per heavy atom. The van der Waals surface area contributed by atoms with Crippen LogP contribution in [-0.4, -0.2) is 48.2 Å². The normalized spacial score (nSPS) is 22.9.